The van der Waals surface area contributed by atoms with Crippen molar-refractivity contribution in [3.63, 3.8) is 0 Å². The van der Waals surface area contributed by atoms with Crippen LogP contribution in [0.1, 0.15) is 28.8 Å². The molecule has 1 aromatic carbocycles. The van der Waals surface area contributed by atoms with Gasteiger partial charge in [-0.2, -0.15) is 10.2 Å². The number of nitrogens with zero attached hydrogens (tertiary/aromatic N) is 4. The zero-order valence-electron chi connectivity index (χ0n) is 13.7. The van der Waals surface area contributed by atoms with E-state index in [-0.39, 0.29) is 18.1 Å². The predicted molar refractivity (Wildman–Crippen MR) is 89.6 cm³/mol. The Morgan fingerprint density at radius 1 is 1.28 bits per heavy atom. The number of hydrogen-bond acceptors (Lipinski definition) is 5. The summed E-state index contributed by atoms with van der Waals surface area (Å²) in [6.45, 7) is 0.500. The SMILES string of the molecule is CO[C@@H]1C[C@@H](c2ncn[nH]2)N(C(=O)c2cc(-c3ccccc3)n[nH]2)C1. The molecule has 8 heteroatoms. The molecule has 0 bridgehead atoms. The van der Waals surface area contributed by atoms with Crippen LogP contribution >= 0.6 is 0 Å². The van der Waals surface area contributed by atoms with Crippen LogP contribution in [0, 0.1) is 0 Å². The minimum Gasteiger partial charge on any atom is -0.380 e. The fraction of sp³-hybridized carbons (Fsp3) is 0.294. The number of likely N-dealkylation sites (tertiary alicyclic amines) is 1. The van der Waals surface area contributed by atoms with E-state index in [1.165, 1.54) is 6.33 Å². The van der Waals surface area contributed by atoms with Crippen LogP contribution < -0.4 is 0 Å². The minimum atomic E-state index is -0.191. The number of methoxy groups -OCH3 is 1. The van der Waals surface area contributed by atoms with Gasteiger partial charge in [0, 0.05) is 25.6 Å². The van der Waals surface area contributed by atoms with Crippen molar-refractivity contribution >= 4 is 5.91 Å². The van der Waals surface area contributed by atoms with Crippen molar-refractivity contribution < 1.29 is 9.53 Å². The fourth-order valence-corrected chi connectivity index (χ4v) is 3.17. The zero-order chi connectivity index (χ0) is 17.2. The lowest BCUT2D eigenvalue weighted by atomic mass is 10.1. The van der Waals surface area contributed by atoms with Crippen LogP contribution in [0.2, 0.25) is 0 Å². The Morgan fingerprint density at radius 2 is 2.12 bits per heavy atom. The first-order chi connectivity index (χ1) is 12.3. The Kier molecular flexibility index (Phi) is 4.02. The van der Waals surface area contributed by atoms with Gasteiger partial charge in [0.1, 0.15) is 17.8 Å². The Hall–Kier alpha value is -3.00. The van der Waals surface area contributed by atoms with Crippen molar-refractivity contribution in [1.82, 2.24) is 30.3 Å². The number of H-pyrrole nitrogens is 2. The van der Waals surface area contributed by atoms with E-state index in [1.54, 1.807) is 18.1 Å². The standard InChI is InChI=1S/C17H18N6O2/c1-25-12-7-15(16-18-10-19-22-16)23(9-12)17(24)14-8-13(20-21-14)11-5-3-2-4-6-11/h2-6,8,10,12,15H,7,9H2,1H3,(H,20,21)(H,18,19,22)/t12-,15+/m1/s1. The highest BCUT2D eigenvalue weighted by atomic mass is 16.5. The van der Waals surface area contributed by atoms with E-state index in [1.807, 2.05) is 30.3 Å². The van der Waals surface area contributed by atoms with Crippen LogP contribution in [0.5, 0.6) is 0 Å². The number of aromatic amines is 2. The molecule has 0 unspecified atom stereocenters. The largest absolute Gasteiger partial charge is 0.380 e. The van der Waals surface area contributed by atoms with E-state index in [9.17, 15) is 4.79 Å². The van der Waals surface area contributed by atoms with Crippen LogP contribution in [0.4, 0.5) is 0 Å². The second kappa shape index (κ2) is 6.48. The van der Waals surface area contributed by atoms with Gasteiger partial charge in [-0.05, 0) is 6.07 Å². The molecule has 1 amide bonds. The number of carbonyl (C=O) groups is 1. The van der Waals surface area contributed by atoms with E-state index >= 15 is 0 Å². The molecule has 0 aliphatic carbocycles. The molecule has 3 aromatic rings. The van der Waals surface area contributed by atoms with Crippen LogP contribution in [-0.2, 0) is 4.74 Å². The summed E-state index contributed by atoms with van der Waals surface area (Å²) in [4.78, 5) is 18.9. The highest BCUT2D eigenvalue weighted by Gasteiger charge is 2.38. The first-order valence-electron chi connectivity index (χ1n) is 8.06. The molecule has 128 valence electrons. The molecule has 1 fully saturated rings. The molecule has 2 atom stereocenters. The molecule has 4 rings (SSSR count). The van der Waals surface area contributed by atoms with Crippen LogP contribution in [0.3, 0.4) is 0 Å². The lowest BCUT2D eigenvalue weighted by Gasteiger charge is -2.21. The summed E-state index contributed by atoms with van der Waals surface area (Å²) in [5.41, 5.74) is 2.14. The summed E-state index contributed by atoms with van der Waals surface area (Å²) < 4.78 is 5.45. The van der Waals surface area contributed by atoms with E-state index in [0.717, 1.165) is 11.3 Å². The number of rotatable bonds is 4. The molecule has 0 saturated carbocycles. The molecule has 25 heavy (non-hydrogen) atoms. The first-order valence-corrected chi connectivity index (χ1v) is 8.06. The maximum absolute atomic E-state index is 13.0. The zero-order valence-corrected chi connectivity index (χ0v) is 13.7. The van der Waals surface area contributed by atoms with Gasteiger partial charge >= 0.3 is 0 Å². The molecular weight excluding hydrogens is 320 g/mol. The number of ether oxygens (including phenoxy) is 1. The summed E-state index contributed by atoms with van der Waals surface area (Å²) in [6.07, 6.45) is 2.09. The maximum Gasteiger partial charge on any atom is 0.272 e. The minimum absolute atomic E-state index is 0.0319. The Balaban J connectivity index is 1.60. The molecule has 2 N–H and O–H groups in total. The average Bonchev–Trinajstić information content (AvgIpc) is 3.41. The number of aromatic nitrogens is 5. The van der Waals surface area contributed by atoms with Crippen LogP contribution in [0.15, 0.2) is 42.7 Å². The van der Waals surface area contributed by atoms with Crippen molar-refractivity contribution in [2.45, 2.75) is 18.6 Å². The molecule has 3 heterocycles. The highest BCUT2D eigenvalue weighted by molar-refractivity contribution is 5.93. The van der Waals surface area contributed by atoms with Gasteiger partial charge in [0.25, 0.3) is 5.91 Å². The monoisotopic (exact) mass is 338 g/mol. The molecule has 2 aromatic heterocycles. The quantitative estimate of drug-likeness (QED) is 0.755. The molecule has 0 radical (unpaired) electrons. The second-order valence-corrected chi connectivity index (χ2v) is 5.97. The normalized spacial score (nSPS) is 20.1. The highest BCUT2D eigenvalue weighted by Crippen LogP contribution is 2.32. The van der Waals surface area contributed by atoms with E-state index in [4.69, 9.17) is 4.74 Å². The number of carbonyl (C=O) groups excluding carboxylic acids is 1. The van der Waals surface area contributed by atoms with Gasteiger partial charge in [0.15, 0.2) is 0 Å². The lowest BCUT2D eigenvalue weighted by molar-refractivity contribution is 0.0678. The third kappa shape index (κ3) is 2.91. The molecule has 1 aliphatic rings. The van der Waals surface area contributed by atoms with Crippen molar-refractivity contribution in [2.75, 3.05) is 13.7 Å². The van der Waals surface area contributed by atoms with Gasteiger partial charge in [-0.1, -0.05) is 30.3 Å². The summed E-state index contributed by atoms with van der Waals surface area (Å²) in [5, 5.41) is 13.9. The van der Waals surface area contributed by atoms with E-state index in [0.29, 0.717) is 24.5 Å². The van der Waals surface area contributed by atoms with Gasteiger partial charge in [-0.3, -0.25) is 15.0 Å². The van der Waals surface area contributed by atoms with Crippen molar-refractivity contribution in [3.8, 4) is 11.3 Å². The van der Waals surface area contributed by atoms with E-state index in [2.05, 4.69) is 25.4 Å². The summed E-state index contributed by atoms with van der Waals surface area (Å²) in [5.74, 6) is 0.534. The second-order valence-electron chi connectivity index (χ2n) is 5.97. The molecular formula is C17H18N6O2. The summed E-state index contributed by atoms with van der Waals surface area (Å²) >= 11 is 0. The van der Waals surface area contributed by atoms with Gasteiger partial charge in [0.2, 0.25) is 0 Å². The van der Waals surface area contributed by atoms with Crippen LogP contribution in [0.25, 0.3) is 11.3 Å². The van der Waals surface area contributed by atoms with E-state index < -0.39 is 0 Å². The Labute approximate surface area is 144 Å². The van der Waals surface area contributed by atoms with Crippen molar-refractivity contribution in [1.29, 1.82) is 0 Å². The van der Waals surface area contributed by atoms with Crippen LogP contribution in [-0.4, -0.2) is 55.9 Å². The summed E-state index contributed by atoms with van der Waals surface area (Å²) in [6, 6.07) is 11.3. The molecule has 0 spiro atoms. The third-order valence-electron chi connectivity index (χ3n) is 4.48. The lowest BCUT2D eigenvalue weighted by Crippen LogP contribution is -2.32. The number of benzene rings is 1. The molecule has 8 nitrogen and oxygen atoms in total. The number of hydrogen-bond donors (Lipinski definition) is 2. The molecule has 1 saturated heterocycles. The maximum atomic E-state index is 13.0. The number of amides is 1. The van der Waals surface area contributed by atoms with Gasteiger partial charge in [-0.25, -0.2) is 4.98 Å². The van der Waals surface area contributed by atoms with Crippen molar-refractivity contribution in [3.05, 3.63) is 54.2 Å². The Bertz CT molecular complexity index is 845. The predicted octanol–water partition coefficient (Wildman–Crippen LogP) is 1.80. The molecule has 1 aliphatic heterocycles. The van der Waals surface area contributed by atoms with Gasteiger partial charge in [0.05, 0.1) is 17.8 Å². The smallest absolute Gasteiger partial charge is 0.272 e. The summed E-state index contributed by atoms with van der Waals surface area (Å²) in [7, 11) is 1.65. The third-order valence-corrected chi connectivity index (χ3v) is 4.48. The number of nitrogens with one attached hydrogen (secondary N) is 2. The first kappa shape index (κ1) is 15.5. The Morgan fingerprint density at radius 3 is 2.84 bits per heavy atom. The topological polar surface area (TPSA) is 99.8 Å². The van der Waals surface area contributed by atoms with Gasteiger partial charge in [-0.15, -0.1) is 0 Å². The fourth-order valence-electron chi connectivity index (χ4n) is 3.17. The average molecular weight is 338 g/mol. The van der Waals surface area contributed by atoms with Crippen molar-refractivity contribution in [2.24, 2.45) is 0 Å². The van der Waals surface area contributed by atoms with Gasteiger partial charge < -0.3 is 9.64 Å².